The van der Waals surface area contributed by atoms with Gasteiger partial charge in [-0.05, 0) is 31.1 Å². The molecule has 1 fully saturated rings. The van der Waals surface area contributed by atoms with Crippen LogP contribution in [0.25, 0.3) is 0 Å². The molecule has 2 aliphatic rings. The van der Waals surface area contributed by atoms with Crippen molar-refractivity contribution in [3.8, 4) is 0 Å². The van der Waals surface area contributed by atoms with Crippen molar-refractivity contribution < 1.29 is 14.3 Å². The van der Waals surface area contributed by atoms with Crippen molar-refractivity contribution in [1.82, 2.24) is 0 Å². The molecule has 1 saturated heterocycles. The molecule has 3 atom stereocenters. The first kappa shape index (κ1) is 13.1. The van der Waals surface area contributed by atoms with Gasteiger partial charge < -0.3 is 4.74 Å². The van der Waals surface area contributed by atoms with E-state index in [1.807, 2.05) is 44.2 Å². The van der Waals surface area contributed by atoms with E-state index in [2.05, 4.69) is 0 Å². The topological polar surface area (TPSA) is 43.4 Å². The Morgan fingerprint density at radius 3 is 2.55 bits per heavy atom. The summed E-state index contributed by atoms with van der Waals surface area (Å²) >= 11 is 0. The summed E-state index contributed by atoms with van der Waals surface area (Å²) in [5, 5.41) is 0. The number of benzene rings is 1. The molecule has 1 aliphatic heterocycles. The zero-order chi connectivity index (χ0) is 14.3. The SMILES string of the molecule is C[C@H]1CC2=CC(=O)C[C@H](c3ccccc3)[C@]2(C)C(=O)O1. The third kappa shape index (κ3) is 1.89. The molecule has 20 heavy (non-hydrogen) atoms. The largest absolute Gasteiger partial charge is 0.462 e. The Morgan fingerprint density at radius 1 is 1.15 bits per heavy atom. The first-order chi connectivity index (χ1) is 9.51. The van der Waals surface area contributed by atoms with Crippen molar-refractivity contribution in [2.45, 2.75) is 38.7 Å². The minimum Gasteiger partial charge on any atom is -0.462 e. The number of rotatable bonds is 1. The number of carbonyl (C=O) groups is 2. The molecule has 104 valence electrons. The molecule has 0 bridgehead atoms. The lowest BCUT2D eigenvalue weighted by Crippen LogP contribution is -2.46. The van der Waals surface area contributed by atoms with Gasteiger partial charge in [-0.2, -0.15) is 0 Å². The van der Waals surface area contributed by atoms with Gasteiger partial charge in [0.05, 0.1) is 5.41 Å². The second-order valence-corrected chi connectivity index (χ2v) is 5.93. The molecule has 0 aromatic heterocycles. The average molecular weight is 270 g/mol. The summed E-state index contributed by atoms with van der Waals surface area (Å²) < 4.78 is 5.45. The van der Waals surface area contributed by atoms with E-state index in [0.717, 1.165) is 11.1 Å². The van der Waals surface area contributed by atoms with Crippen molar-refractivity contribution in [1.29, 1.82) is 0 Å². The maximum Gasteiger partial charge on any atom is 0.316 e. The molecule has 1 aromatic rings. The van der Waals surface area contributed by atoms with Crippen LogP contribution in [0, 0.1) is 5.41 Å². The van der Waals surface area contributed by atoms with Crippen LogP contribution in [0.2, 0.25) is 0 Å². The number of cyclic esters (lactones) is 1. The normalized spacial score (nSPS) is 33.2. The van der Waals surface area contributed by atoms with Crippen molar-refractivity contribution >= 4 is 11.8 Å². The molecule has 1 heterocycles. The molecular formula is C17H18O3. The summed E-state index contributed by atoms with van der Waals surface area (Å²) in [4.78, 5) is 24.5. The summed E-state index contributed by atoms with van der Waals surface area (Å²) in [5.41, 5.74) is 1.24. The molecule has 0 spiro atoms. The van der Waals surface area contributed by atoms with Crippen LogP contribution in [0.15, 0.2) is 42.0 Å². The van der Waals surface area contributed by atoms with Crippen LogP contribution < -0.4 is 0 Å². The minimum atomic E-state index is -0.707. The Balaban J connectivity index is 2.10. The molecule has 0 unspecified atom stereocenters. The van der Waals surface area contributed by atoms with E-state index in [4.69, 9.17) is 4.74 Å². The summed E-state index contributed by atoms with van der Waals surface area (Å²) in [6.45, 7) is 3.78. The molecule has 0 N–H and O–H groups in total. The lowest BCUT2D eigenvalue weighted by atomic mass is 9.61. The minimum absolute atomic E-state index is 0.105. The smallest absolute Gasteiger partial charge is 0.316 e. The third-order valence-corrected chi connectivity index (χ3v) is 4.55. The summed E-state index contributed by atoms with van der Waals surface area (Å²) in [5.74, 6) is -0.228. The number of allylic oxidation sites excluding steroid dienone is 1. The van der Waals surface area contributed by atoms with Gasteiger partial charge in [-0.1, -0.05) is 30.3 Å². The van der Waals surface area contributed by atoms with Gasteiger partial charge in [0.25, 0.3) is 0 Å². The van der Waals surface area contributed by atoms with Crippen molar-refractivity contribution in [3.05, 3.63) is 47.5 Å². The summed E-state index contributed by atoms with van der Waals surface area (Å²) in [7, 11) is 0. The van der Waals surface area contributed by atoms with Crippen LogP contribution in [-0.2, 0) is 14.3 Å². The Kier molecular flexibility index (Phi) is 3.00. The predicted octanol–water partition coefficient (Wildman–Crippen LogP) is 3.01. The molecule has 0 saturated carbocycles. The fraction of sp³-hybridized carbons (Fsp3) is 0.412. The van der Waals surface area contributed by atoms with Gasteiger partial charge in [0.15, 0.2) is 5.78 Å². The standard InChI is InChI=1S/C17H18O3/c1-11-8-13-9-14(18)10-15(12-6-4-3-5-7-12)17(13,2)16(19)20-11/h3-7,9,11,15H,8,10H2,1-2H3/t11-,15+,17+/m0/s1. The maximum absolute atomic E-state index is 12.5. The number of fused-ring (bicyclic) bond motifs is 1. The quantitative estimate of drug-likeness (QED) is 0.737. The number of ether oxygens (including phenoxy) is 1. The van der Waals surface area contributed by atoms with Crippen LogP contribution in [0.3, 0.4) is 0 Å². The Labute approximate surface area is 118 Å². The number of esters is 1. The van der Waals surface area contributed by atoms with Gasteiger partial charge in [0, 0.05) is 18.8 Å². The van der Waals surface area contributed by atoms with Crippen LogP contribution in [-0.4, -0.2) is 17.9 Å². The van der Waals surface area contributed by atoms with E-state index < -0.39 is 5.41 Å². The fourth-order valence-corrected chi connectivity index (χ4v) is 3.37. The predicted molar refractivity (Wildman–Crippen MR) is 75.2 cm³/mol. The molecule has 3 nitrogen and oxygen atoms in total. The fourth-order valence-electron chi connectivity index (χ4n) is 3.37. The molecule has 3 rings (SSSR count). The zero-order valence-electron chi connectivity index (χ0n) is 11.8. The lowest BCUT2D eigenvalue weighted by molar-refractivity contribution is -0.164. The highest BCUT2D eigenvalue weighted by Gasteiger charge is 2.52. The van der Waals surface area contributed by atoms with Crippen LogP contribution >= 0.6 is 0 Å². The number of hydrogen-bond donors (Lipinski definition) is 0. The van der Waals surface area contributed by atoms with Gasteiger partial charge >= 0.3 is 5.97 Å². The number of hydrogen-bond acceptors (Lipinski definition) is 3. The first-order valence-corrected chi connectivity index (χ1v) is 7.01. The van der Waals surface area contributed by atoms with Gasteiger partial charge in [0.1, 0.15) is 6.10 Å². The van der Waals surface area contributed by atoms with Crippen LogP contribution in [0.4, 0.5) is 0 Å². The Morgan fingerprint density at radius 2 is 1.85 bits per heavy atom. The summed E-state index contributed by atoms with van der Waals surface area (Å²) in [6.07, 6.45) is 2.53. The van der Waals surface area contributed by atoms with Gasteiger partial charge in [-0.15, -0.1) is 0 Å². The van der Waals surface area contributed by atoms with Crippen molar-refractivity contribution in [3.63, 3.8) is 0 Å². The van der Waals surface area contributed by atoms with E-state index in [1.165, 1.54) is 0 Å². The second kappa shape index (κ2) is 4.58. The molecule has 1 aromatic carbocycles. The highest BCUT2D eigenvalue weighted by atomic mass is 16.5. The van der Waals surface area contributed by atoms with Gasteiger partial charge in [-0.25, -0.2) is 0 Å². The molecule has 3 heteroatoms. The van der Waals surface area contributed by atoms with Crippen LogP contribution in [0.5, 0.6) is 0 Å². The monoisotopic (exact) mass is 270 g/mol. The Hall–Kier alpha value is -1.90. The van der Waals surface area contributed by atoms with E-state index >= 15 is 0 Å². The van der Waals surface area contributed by atoms with Crippen molar-refractivity contribution in [2.75, 3.05) is 0 Å². The highest BCUT2D eigenvalue weighted by molar-refractivity contribution is 5.97. The van der Waals surface area contributed by atoms with E-state index in [1.54, 1.807) is 6.08 Å². The number of ketones is 1. The third-order valence-electron chi connectivity index (χ3n) is 4.55. The molecular weight excluding hydrogens is 252 g/mol. The lowest BCUT2D eigenvalue weighted by Gasteiger charge is -2.44. The first-order valence-electron chi connectivity index (χ1n) is 7.01. The van der Waals surface area contributed by atoms with Crippen LogP contribution in [0.1, 0.15) is 38.2 Å². The number of carbonyl (C=O) groups excluding carboxylic acids is 2. The molecule has 1 aliphatic carbocycles. The average Bonchev–Trinajstić information content (AvgIpc) is 2.42. The maximum atomic E-state index is 12.5. The molecule has 0 amide bonds. The second-order valence-electron chi connectivity index (χ2n) is 5.93. The highest BCUT2D eigenvalue weighted by Crippen LogP contribution is 2.51. The summed E-state index contributed by atoms with van der Waals surface area (Å²) in [6, 6.07) is 9.79. The molecule has 0 radical (unpaired) electrons. The zero-order valence-corrected chi connectivity index (χ0v) is 11.8. The Bertz CT molecular complexity index is 588. The van der Waals surface area contributed by atoms with E-state index in [-0.39, 0.29) is 23.8 Å². The van der Waals surface area contributed by atoms with E-state index in [9.17, 15) is 9.59 Å². The van der Waals surface area contributed by atoms with Crippen molar-refractivity contribution in [2.24, 2.45) is 5.41 Å². The van der Waals surface area contributed by atoms with Gasteiger partial charge in [0.2, 0.25) is 0 Å². The van der Waals surface area contributed by atoms with Gasteiger partial charge in [-0.3, -0.25) is 9.59 Å². The van der Waals surface area contributed by atoms with E-state index in [0.29, 0.717) is 12.8 Å².